The smallest absolute Gasteiger partial charge is 0.319 e. The summed E-state index contributed by atoms with van der Waals surface area (Å²) >= 11 is 11.4. The molecule has 9 heteroatoms. The molecule has 4 rings (SSSR count). The maximum atomic E-state index is 12.5. The van der Waals surface area contributed by atoms with Crippen LogP contribution in [-0.2, 0) is 6.54 Å². The first-order valence-corrected chi connectivity index (χ1v) is 10.2. The summed E-state index contributed by atoms with van der Waals surface area (Å²) in [5.41, 5.74) is 1.73. The summed E-state index contributed by atoms with van der Waals surface area (Å²) in [6.07, 6.45) is 5.79. The Hall–Kier alpha value is -2.06. The first kappa shape index (κ1) is 18.3. The summed E-state index contributed by atoms with van der Waals surface area (Å²) in [5.74, 6) is 0.750. The highest BCUT2D eigenvalue weighted by atomic mass is 35.5. The van der Waals surface area contributed by atoms with Crippen LogP contribution in [0.15, 0.2) is 18.2 Å². The van der Waals surface area contributed by atoms with Crippen molar-refractivity contribution in [3.8, 4) is 0 Å². The van der Waals surface area contributed by atoms with Crippen molar-refractivity contribution in [3.05, 3.63) is 33.8 Å². The second kappa shape index (κ2) is 7.90. The van der Waals surface area contributed by atoms with Gasteiger partial charge in [-0.2, -0.15) is 5.10 Å². The van der Waals surface area contributed by atoms with E-state index in [1.807, 2.05) is 16.7 Å². The molecule has 2 aromatic rings. The van der Waals surface area contributed by atoms with Gasteiger partial charge in [-0.05, 0) is 62.5 Å². The molecule has 0 bridgehead atoms. The predicted octanol–water partition coefficient (Wildman–Crippen LogP) is 4.24. The van der Waals surface area contributed by atoms with Gasteiger partial charge in [-0.25, -0.2) is 4.79 Å². The normalized spacial score (nSPS) is 17.0. The molecule has 1 aliphatic carbocycles. The SMILES string of the molecule is O=C(NCc1n[nH]c(=S)n1C1CC1)Nc1cc(Cl)ccc1N1CCCCC1. The number of halogens is 1. The number of piperidine rings is 1. The summed E-state index contributed by atoms with van der Waals surface area (Å²) in [4.78, 5) is 14.8. The lowest BCUT2D eigenvalue weighted by atomic mass is 10.1. The third-order valence-electron chi connectivity index (χ3n) is 5.00. The number of nitrogens with one attached hydrogen (secondary N) is 3. The summed E-state index contributed by atoms with van der Waals surface area (Å²) < 4.78 is 2.60. The van der Waals surface area contributed by atoms with Crippen LogP contribution in [0.2, 0.25) is 5.02 Å². The minimum atomic E-state index is -0.285. The highest BCUT2D eigenvalue weighted by Crippen LogP contribution is 2.35. The fraction of sp³-hybridized carbons (Fsp3) is 0.500. The van der Waals surface area contributed by atoms with Crippen LogP contribution in [0.25, 0.3) is 0 Å². The van der Waals surface area contributed by atoms with Gasteiger partial charge in [0, 0.05) is 24.2 Å². The number of hydrogen-bond donors (Lipinski definition) is 3. The van der Waals surface area contributed by atoms with E-state index in [1.165, 1.54) is 6.42 Å². The molecule has 1 aliphatic heterocycles. The van der Waals surface area contributed by atoms with E-state index in [2.05, 4.69) is 25.7 Å². The Morgan fingerprint density at radius 3 is 2.81 bits per heavy atom. The quantitative estimate of drug-likeness (QED) is 0.649. The number of hydrogen-bond acceptors (Lipinski definition) is 4. The van der Waals surface area contributed by atoms with E-state index in [-0.39, 0.29) is 6.03 Å². The van der Waals surface area contributed by atoms with Crippen molar-refractivity contribution >= 4 is 41.2 Å². The molecule has 1 aromatic heterocycles. The van der Waals surface area contributed by atoms with Crippen molar-refractivity contribution in [1.29, 1.82) is 0 Å². The summed E-state index contributed by atoms with van der Waals surface area (Å²) in [6, 6.07) is 5.76. The van der Waals surface area contributed by atoms with Crippen LogP contribution in [-0.4, -0.2) is 33.9 Å². The third kappa shape index (κ3) is 4.27. The Labute approximate surface area is 168 Å². The number of urea groups is 1. The zero-order chi connectivity index (χ0) is 18.8. The lowest BCUT2D eigenvalue weighted by Gasteiger charge is -2.30. The standard InChI is InChI=1S/C18H23ClN6OS/c19-12-4-7-15(24-8-2-1-3-9-24)14(10-12)21-17(26)20-11-16-22-23-18(27)25(16)13-5-6-13/h4,7,10,13H,1-3,5-6,8-9,11H2,(H,23,27)(H2,20,21,26). The molecule has 3 N–H and O–H groups in total. The van der Waals surface area contributed by atoms with Crippen molar-refractivity contribution < 1.29 is 4.79 Å². The molecule has 1 aromatic carbocycles. The van der Waals surface area contributed by atoms with E-state index >= 15 is 0 Å². The largest absolute Gasteiger partial charge is 0.370 e. The first-order valence-electron chi connectivity index (χ1n) is 9.37. The summed E-state index contributed by atoms with van der Waals surface area (Å²) in [6.45, 7) is 2.30. The number of anilines is 2. The molecule has 2 amide bonds. The van der Waals surface area contributed by atoms with E-state index in [1.54, 1.807) is 6.07 Å². The Bertz CT molecular complexity index is 884. The summed E-state index contributed by atoms with van der Waals surface area (Å²) in [5, 5.41) is 13.5. The molecule has 0 unspecified atom stereocenters. The molecule has 2 fully saturated rings. The van der Waals surface area contributed by atoms with Crippen LogP contribution in [0.4, 0.5) is 16.2 Å². The lowest BCUT2D eigenvalue weighted by Crippen LogP contribution is -2.33. The van der Waals surface area contributed by atoms with E-state index < -0.39 is 0 Å². The second-order valence-corrected chi connectivity index (χ2v) is 7.89. The van der Waals surface area contributed by atoms with Gasteiger partial charge in [0.1, 0.15) is 0 Å². The van der Waals surface area contributed by atoms with Crippen LogP contribution in [0.5, 0.6) is 0 Å². The van der Waals surface area contributed by atoms with Gasteiger partial charge in [0.15, 0.2) is 10.6 Å². The minimum absolute atomic E-state index is 0.285. The Balaban J connectivity index is 1.43. The summed E-state index contributed by atoms with van der Waals surface area (Å²) in [7, 11) is 0. The number of carbonyl (C=O) groups is 1. The molecule has 0 radical (unpaired) electrons. The van der Waals surface area contributed by atoms with E-state index in [4.69, 9.17) is 23.8 Å². The van der Waals surface area contributed by atoms with E-state index in [0.29, 0.717) is 22.4 Å². The number of nitrogens with zero attached hydrogens (tertiary/aromatic N) is 3. The Morgan fingerprint density at radius 2 is 2.07 bits per heavy atom. The molecule has 0 atom stereocenters. The maximum absolute atomic E-state index is 12.5. The molecule has 1 saturated heterocycles. The Morgan fingerprint density at radius 1 is 1.30 bits per heavy atom. The number of aromatic amines is 1. The Kier molecular flexibility index (Phi) is 5.36. The van der Waals surface area contributed by atoms with Gasteiger partial charge in [0.25, 0.3) is 0 Å². The van der Waals surface area contributed by atoms with Gasteiger partial charge in [-0.3, -0.25) is 9.67 Å². The molecular weight excluding hydrogens is 384 g/mol. The highest BCUT2D eigenvalue weighted by Gasteiger charge is 2.27. The molecule has 144 valence electrons. The van der Waals surface area contributed by atoms with Crippen molar-refractivity contribution in [1.82, 2.24) is 20.1 Å². The topological polar surface area (TPSA) is 78.0 Å². The number of benzene rings is 1. The minimum Gasteiger partial charge on any atom is -0.370 e. The van der Waals surface area contributed by atoms with Crippen molar-refractivity contribution in [2.24, 2.45) is 0 Å². The zero-order valence-electron chi connectivity index (χ0n) is 15.0. The number of amides is 2. The zero-order valence-corrected chi connectivity index (χ0v) is 16.6. The highest BCUT2D eigenvalue weighted by molar-refractivity contribution is 7.71. The van der Waals surface area contributed by atoms with Crippen LogP contribution >= 0.6 is 23.8 Å². The van der Waals surface area contributed by atoms with E-state index in [0.717, 1.165) is 56.0 Å². The van der Waals surface area contributed by atoms with Crippen LogP contribution < -0.4 is 15.5 Å². The van der Waals surface area contributed by atoms with Crippen LogP contribution in [0.1, 0.15) is 44.0 Å². The third-order valence-corrected chi connectivity index (χ3v) is 5.52. The van der Waals surface area contributed by atoms with Gasteiger partial charge in [-0.15, -0.1) is 0 Å². The van der Waals surface area contributed by atoms with Crippen molar-refractivity contribution in [3.63, 3.8) is 0 Å². The van der Waals surface area contributed by atoms with E-state index in [9.17, 15) is 4.79 Å². The molecular formula is C18H23ClN6OS. The second-order valence-electron chi connectivity index (χ2n) is 7.06. The fourth-order valence-corrected chi connectivity index (χ4v) is 3.99. The first-order chi connectivity index (χ1) is 13.1. The molecule has 27 heavy (non-hydrogen) atoms. The molecule has 7 nitrogen and oxygen atoms in total. The van der Waals surface area contributed by atoms with Gasteiger partial charge in [-0.1, -0.05) is 11.6 Å². The lowest BCUT2D eigenvalue weighted by molar-refractivity contribution is 0.251. The number of H-pyrrole nitrogens is 1. The van der Waals surface area contributed by atoms with Gasteiger partial charge < -0.3 is 15.5 Å². The molecule has 0 spiro atoms. The molecule has 1 saturated carbocycles. The van der Waals surface area contributed by atoms with Crippen LogP contribution in [0, 0.1) is 4.77 Å². The van der Waals surface area contributed by atoms with Gasteiger partial charge >= 0.3 is 6.03 Å². The fourth-order valence-electron chi connectivity index (χ4n) is 3.52. The van der Waals surface area contributed by atoms with Crippen LogP contribution in [0.3, 0.4) is 0 Å². The average molecular weight is 407 g/mol. The maximum Gasteiger partial charge on any atom is 0.319 e. The van der Waals surface area contributed by atoms with Crippen molar-refractivity contribution in [2.45, 2.75) is 44.7 Å². The predicted molar refractivity (Wildman–Crippen MR) is 109 cm³/mol. The number of aromatic nitrogens is 3. The molecule has 2 heterocycles. The van der Waals surface area contributed by atoms with Gasteiger partial charge in [0.05, 0.1) is 17.9 Å². The molecule has 2 aliphatic rings. The van der Waals surface area contributed by atoms with Gasteiger partial charge in [0.2, 0.25) is 0 Å². The van der Waals surface area contributed by atoms with Crippen molar-refractivity contribution in [2.75, 3.05) is 23.3 Å². The average Bonchev–Trinajstić information content (AvgIpc) is 3.43. The number of carbonyl (C=O) groups excluding carboxylic acids is 1. The monoisotopic (exact) mass is 406 g/mol. The number of rotatable bonds is 5.